The number of aromatic carboxylic acids is 2. The van der Waals surface area contributed by atoms with Crippen molar-refractivity contribution >= 4 is 71.2 Å². The Bertz CT molecular complexity index is 1500. The van der Waals surface area contributed by atoms with Crippen LogP contribution in [0.15, 0.2) is 0 Å². The Morgan fingerprint density at radius 2 is 0.829 bits per heavy atom. The van der Waals surface area contributed by atoms with Gasteiger partial charge in [0.15, 0.2) is 0 Å². The van der Waals surface area contributed by atoms with Gasteiger partial charge < -0.3 is 0 Å². The van der Waals surface area contributed by atoms with E-state index >= 15 is 0 Å². The zero-order valence-electron chi connectivity index (χ0n) is 18.5. The van der Waals surface area contributed by atoms with Crippen LogP contribution in [0.1, 0.15) is 20.7 Å². The molecule has 2 radical (unpaired) electrons. The fraction of sp³-hybridized carbons (Fsp3) is 0. The van der Waals surface area contributed by atoms with Crippen LogP contribution in [-0.4, -0.2) is 87.0 Å². The number of carboxylic acid groups (broad SMARTS) is 2. The van der Waals surface area contributed by atoms with Gasteiger partial charge in [0.05, 0.1) is 0 Å². The number of carbonyl (C=O) groups is 2. The predicted octanol–water partition coefficient (Wildman–Crippen LogP) is -0.807. The number of phenols is 2. The Morgan fingerprint density at radius 3 is 1.05 bits per heavy atom. The predicted molar refractivity (Wildman–Crippen MR) is 110 cm³/mol. The van der Waals surface area contributed by atoms with E-state index in [4.69, 9.17) is 10.2 Å². The summed E-state index contributed by atoms with van der Waals surface area (Å²) in [6, 6.07) is 0. The number of carboxylic acids is 2. The molecule has 26 nitrogen and oxygen atoms in total. The van der Waals surface area contributed by atoms with Gasteiger partial charge in [-0.2, -0.15) is 0 Å². The van der Waals surface area contributed by atoms with Crippen molar-refractivity contribution in [3.05, 3.63) is 61.4 Å². The first-order valence-corrected chi connectivity index (χ1v) is 12.3. The third-order valence-electron chi connectivity index (χ3n) is 4.47. The number of aromatic hydroxyl groups is 2. The Hall–Kier alpha value is -6.10. The molecule has 41 heavy (non-hydrogen) atoms. The van der Waals surface area contributed by atoms with Crippen molar-refractivity contribution in [3.63, 3.8) is 0 Å². The summed E-state index contributed by atoms with van der Waals surface area (Å²) in [5.41, 5.74) is -16.1. The standard InChI is InChI=1S/2C7H3N3O10.Pb/c2*11-5-1(7(13)14)6(12)4(10(19)20)2(8(15)16)3(5)9(17)18;/h2*11-12H,(H,13,14);/q;;+2/p-2. The van der Waals surface area contributed by atoms with Crippen molar-refractivity contribution in [1.29, 1.82) is 0 Å². The molecule has 0 aromatic heterocycles. The zero-order valence-corrected chi connectivity index (χ0v) is 22.4. The summed E-state index contributed by atoms with van der Waals surface area (Å²) in [4.78, 5) is 82.8. The van der Waals surface area contributed by atoms with E-state index in [1.807, 2.05) is 0 Å². The van der Waals surface area contributed by atoms with Gasteiger partial charge in [-0.05, 0) is 0 Å². The molecule has 214 valence electrons. The molecule has 0 aliphatic heterocycles. The Kier molecular flexibility index (Phi) is 8.60. The normalized spacial score (nSPS) is 10.3. The molecular formula is C14H4N6O20Pb. The first kappa shape index (κ1) is 31.1. The third-order valence-corrected chi connectivity index (χ3v) is 6.34. The topological polar surface area (TPSA) is 392 Å². The number of benzene rings is 2. The summed E-state index contributed by atoms with van der Waals surface area (Å²) in [5, 5.41) is 107. The molecule has 0 saturated carbocycles. The molecule has 2 aromatic rings. The van der Waals surface area contributed by atoms with Crippen molar-refractivity contribution in [2.45, 2.75) is 0 Å². The van der Waals surface area contributed by atoms with Crippen LogP contribution in [0.2, 0.25) is 0 Å². The molecule has 0 fully saturated rings. The minimum absolute atomic E-state index is 1.19. The van der Waals surface area contributed by atoms with Gasteiger partial charge in [-0.25, -0.2) is 0 Å². The van der Waals surface area contributed by atoms with Crippen molar-refractivity contribution in [3.8, 4) is 23.0 Å². The summed E-state index contributed by atoms with van der Waals surface area (Å²) in [7, 11) is 0. The van der Waals surface area contributed by atoms with Gasteiger partial charge in [0.2, 0.25) is 0 Å². The monoisotopic (exact) mass is 784 g/mol. The van der Waals surface area contributed by atoms with E-state index in [0.29, 0.717) is 0 Å². The minimum atomic E-state index is -4.07. The molecule has 27 heteroatoms. The fourth-order valence-corrected chi connectivity index (χ4v) is 4.32. The second-order valence-electron chi connectivity index (χ2n) is 6.62. The molecule has 0 aliphatic rings. The van der Waals surface area contributed by atoms with Gasteiger partial charge in [-0.1, -0.05) is 0 Å². The van der Waals surface area contributed by atoms with Crippen LogP contribution in [0.25, 0.3) is 0 Å². The second-order valence-corrected chi connectivity index (χ2v) is 8.68. The van der Waals surface area contributed by atoms with Crippen LogP contribution < -0.4 is 10.2 Å². The number of hydrogen-bond donors (Lipinski definition) is 4. The summed E-state index contributed by atoms with van der Waals surface area (Å²) in [6.07, 6.45) is 0. The van der Waals surface area contributed by atoms with E-state index in [1.165, 1.54) is 0 Å². The second kappa shape index (κ2) is 11.3. The third kappa shape index (κ3) is 5.40. The van der Waals surface area contributed by atoms with Crippen molar-refractivity contribution in [2.75, 3.05) is 0 Å². The molecule has 4 N–H and O–H groups in total. The van der Waals surface area contributed by atoms with Crippen LogP contribution in [-0.2, 0) is 5.58 Å². The maximum absolute atomic E-state index is 12.3. The Labute approximate surface area is 231 Å². The maximum atomic E-state index is 12.3. The molecular weight excluding hydrogens is 779 g/mol. The van der Waals surface area contributed by atoms with E-state index < -0.39 is 135 Å². The Balaban J connectivity index is 2.61. The molecule has 0 heterocycles. The van der Waals surface area contributed by atoms with Crippen LogP contribution in [0.5, 0.6) is 23.0 Å². The average molecular weight is 783 g/mol. The quantitative estimate of drug-likeness (QED) is 0.116. The van der Waals surface area contributed by atoms with E-state index in [0.717, 1.165) is 0 Å². The summed E-state index contributed by atoms with van der Waals surface area (Å²) >= 11 is -4.07. The van der Waals surface area contributed by atoms with Crippen LogP contribution in [0.4, 0.5) is 34.1 Å². The summed E-state index contributed by atoms with van der Waals surface area (Å²) < 4.78 is 8.57. The van der Waals surface area contributed by atoms with Gasteiger partial charge in [-0.15, -0.1) is 0 Å². The molecule has 2 aromatic carbocycles. The molecule has 0 aliphatic carbocycles. The van der Waals surface area contributed by atoms with Crippen molar-refractivity contribution in [2.24, 2.45) is 0 Å². The SMILES string of the molecule is O=C(O)c1c([O-])c([N+](=O)[O-])c([N+](=O)[O-])c([N+](=O)[O][Pb][O][N+](=O)c2c(O)c(C(=O)O)c([O-])c([N+](=O)[O-])c2[N+](=O)[O-])c1O. The van der Waals surface area contributed by atoms with Crippen LogP contribution in [0, 0.1) is 50.3 Å². The van der Waals surface area contributed by atoms with Gasteiger partial charge in [-0.3, -0.25) is 0 Å². The number of hydrogen-bond acceptors (Lipinski definition) is 18. The molecule has 0 bridgehead atoms. The Morgan fingerprint density at radius 1 is 0.561 bits per heavy atom. The van der Waals surface area contributed by atoms with Gasteiger partial charge in [0.1, 0.15) is 0 Å². The molecule has 0 spiro atoms. The number of nitrogens with zero attached hydrogens (tertiary/aromatic N) is 6. The number of rotatable bonds is 12. The van der Waals surface area contributed by atoms with Crippen molar-refractivity contribution < 1.29 is 75.3 Å². The van der Waals surface area contributed by atoms with E-state index in [-0.39, 0.29) is 0 Å². The van der Waals surface area contributed by atoms with Gasteiger partial charge in [0.25, 0.3) is 0 Å². The molecule has 0 saturated heterocycles. The van der Waals surface area contributed by atoms with Crippen LogP contribution >= 0.6 is 0 Å². The first-order valence-electron chi connectivity index (χ1n) is 9.15. The fourth-order valence-electron chi connectivity index (χ4n) is 2.96. The van der Waals surface area contributed by atoms with E-state index in [2.05, 4.69) is 5.58 Å². The number of nitro benzene ring substituents is 4. The van der Waals surface area contributed by atoms with Gasteiger partial charge in [0, 0.05) is 0 Å². The molecule has 0 atom stereocenters. The van der Waals surface area contributed by atoms with E-state index in [9.17, 15) is 80.3 Å². The van der Waals surface area contributed by atoms with Gasteiger partial charge >= 0.3 is 231 Å². The first-order chi connectivity index (χ1) is 18.9. The number of nitro groups is 4. The summed E-state index contributed by atoms with van der Waals surface area (Å²) in [6.45, 7) is 0. The molecule has 0 unspecified atom stereocenters. The molecule has 0 amide bonds. The van der Waals surface area contributed by atoms with E-state index in [1.54, 1.807) is 0 Å². The zero-order chi connectivity index (χ0) is 31.7. The van der Waals surface area contributed by atoms with Crippen LogP contribution in [0.3, 0.4) is 0 Å². The van der Waals surface area contributed by atoms with Crippen molar-refractivity contribution in [1.82, 2.24) is 0 Å². The molecule has 2 rings (SSSR count). The summed E-state index contributed by atoms with van der Waals surface area (Å²) in [5.74, 6) is -13.2. The average Bonchev–Trinajstić information content (AvgIpc) is 2.81.